The van der Waals surface area contributed by atoms with Crippen LogP contribution in [0.5, 0.6) is 11.5 Å². The molecule has 2 heterocycles. The van der Waals surface area contributed by atoms with Crippen LogP contribution in [0.15, 0.2) is 47.7 Å². The van der Waals surface area contributed by atoms with Gasteiger partial charge in [-0.15, -0.1) is 5.10 Å². The first-order chi connectivity index (χ1) is 13.7. The number of nitrogens with zero attached hydrogens (tertiary/aromatic N) is 3. The normalized spacial score (nSPS) is 10.8. The van der Waals surface area contributed by atoms with E-state index < -0.39 is 16.9 Å². The van der Waals surface area contributed by atoms with Crippen molar-refractivity contribution in [3.63, 3.8) is 0 Å². The molecule has 0 atom stereocenters. The third-order valence-electron chi connectivity index (χ3n) is 3.91. The van der Waals surface area contributed by atoms with Gasteiger partial charge in [0.2, 0.25) is 5.69 Å². The largest absolute Gasteiger partial charge is 0.453 e. The number of aromatic nitrogens is 4. The van der Waals surface area contributed by atoms with Gasteiger partial charge >= 0.3 is 5.69 Å². The quantitative estimate of drug-likeness (QED) is 0.541. The minimum Gasteiger partial charge on any atom is -0.453 e. The van der Waals surface area contributed by atoms with Gasteiger partial charge in [0.1, 0.15) is 11.8 Å². The summed E-state index contributed by atoms with van der Waals surface area (Å²) >= 11 is 6.76. The number of halogens is 2. The molecule has 0 aliphatic carbocycles. The Kier molecular flexibility index (Phi) is 5.86. The van der Waals surface area contributed by atoms with Gasteiger partial charge < -0.3 is 9.72 Å². The van der Waals surface area contributed by atoms with Crippen molar-refractivity contribution in [2.45, 2.75) is 19.8 Å². The van der Waals surface area contributed by atoms with Crippen LogP contribution >= 0.6 is 31.9 Å². The number of H-pyrrole nitrogens is 2. The van der Waals surface area contributed by atoms with Crippen LogP contribution in [-0.4, -0.2) is 19.7 Å². The van der Waals surface area contributed by atoms with Crippen LogP contribution in [0.25, 0.3) is 5.69 Å². The van der Waals surface area contributed by atoms with E-state index in [2.05, 4.69) is 41.9 Å². The Morgan fingerprint density at radius 3 is 2.38 bits per heavy atom. The number of hydrogen-bond acceptors (Lipinski definition) is 6. The first-order valence-electron chi connectivity index (χ1n) is 8.25. The molecule has 3 aromatic rings. The van der Waals surface area contributed by atoms with E-state index in [-0.39, 0.29) is 17.2 Å². The summed E-state index contributed by atoms with van der Waals surface area (Å²) in [4.78, 5) is 40.2. The fourth-order valence-corrected chi connectivity index (χ4v) is 3.82. The highest BCUT2D eigenvalue weighted by Gasteiger charge is 2.15. The van der Waals surface area contributed by atoms with Crippen LogP contribution in [0.1, 0.15) is 31.0 Å². The van der Waals surface area contributed by atoms with Crippen molar-refractivity contribution in [1.29, 1.82) is 5.26 Å². The summed E-state index contributed by atoms with van der Waals surface area (Å²) in [6.45, 7) is 3.80. The molecule has 0 saturated carbocycles. The highest BCUT2D eigenvalue weighted by molar-refractivity contribution is 9.11. The molecule has 0 amide bonds. The van der Waals surface area contributed by atoms with Crippen LogP contribution in [-0.2, 0) is 0 Å². The minimum atomic E-state index is -0.856. The zero-order valence-corrected chi connectivity index (χ0v) is 18.3. The molecular weight excluding hydrogens is 510 g/mol. The molecule has 11 heteroatoms. The number of ether oxygens (including phenoxy) is 1. The van der Waals surface area contributed by atoms with Crippen molar-refractivity contribution >= 4 is 31.9 Å². The lowest BCUT2D eigenvalue weighted by atomic mass is 10.1. The summed E-state index contributed by atoms with van der Waals surface area (Å²) in [6, 6.07) is 6.38. The van der Waals surface area contributed by atoms with Gasteiger partial charge in [-0.3, -0.25) is 14.6 Å². The van der Waals surface area contributed by atoms with Crippen molar-refractivity contribution in [1.82, 2.24) is 19.7 Å². The van der Waals surface area contributed by atoms with E-state index in [9.17, 15) is 14.4 Å². The Hall–Kier alpha value is -2.97. The van der Waals surface area contributed by atoms with E-state index in [4.69, 9.17) is 10.00 Å². The highest BCUT2D eigenvalue weighted by atomic mass is 79.9. The third-order valence-corrected chi connectivity index (χ3v) is 5.09. The van der Waals surface area contributed by atoms with Crippen molar-refractivity contribution in [3.05, 3.63) is 75.8 Å². The fraction of sp³-hybridized carbons (Fsp3) is 0.167. The molecule has 3 rings (SSSR count). The van der Waals surface area contributed by atoms with Crippen molar-refractivity contribution in [3.8, 4) is 23.3 Å². The van der Waals surface area contributed by atoms with Gasteiger partial charge in [0.15, 0.2) is 5.75 Å². The first kappa shape index (κ1) is 20.8. The van der Waals surface area contributed by atoms with E-state index in [0.29, 0.717) is 26.0 Å². The molecule has 0 bridgehead atoms. The lowest BCUT2D eigenvalue weighted by molar-refractivity contribution is 0.472. The van der Waals surface area contributed by atoms with Gasteiger partial charge in [-0.05, 0) is 56.0 Å². The summed E-state index contributed by atoms with van der Waals surface area (Å²) in [7, 11) is 0. The Bertz CT molecular complexity index is 1290. The van der Waals surface area contributed by atoms with Crippen LogP contribution in [0, 0.1) is 11.3 Å². The van der Waals surface area contributed by atoms with Crippen LogP contribution in [0.2, 0.25) is 0 Å². The summed E-state index contributed by atoms with van der Waals surface area (Å²) in [5.74, 6) is 0.839. The molecule has 0 aliphatic heterocycles. The number of rotatable bonds is 4. The smallest absolute Gasteiger partial charge is 0.349 e. The molecule has 29 heavy (non-hydrogen) atoms. The molecule has 2 aromatic heterocycles. The van der Waals surface area contributed by atoms with Crippen molar-refractivity contribution in [2.75, 3.05) is 0 Å². The minimum absolute atomic E-state index is 0.0177. The highest BCUT2D eigenvalue weighted by Crippen LogP contribution is 2.38. The number of benzene rings is 1. The zero-order chi connectivity index (χ0) is 21.3. The van der Waals surface area contributed by atoms with E-state index in [1.54, 1.807) is 24.3 Å². The SMILES string of the molecule is CC(C)c1cc(Oc2c(Br)cc(-n3nc(C#N)c(=O)[nH]c3=O)cc2Br)c[nH]c1=O. The number of aromatic amines is 2. The Labute approximate surface area is 180 Å². The molecule has 148 valence electrons. The second kappa shape index (κ2) is 8.18. The van der Waals surface area contributed by atoms with Crippen LogP contribution in [0.4, 0.5) is 0 Å². The Balaban J connectivity index is 2.05. The van der Waals surface area contributed by atoms with Gasteiger partial charge in [-0.1, -0.05) is 13.8 Å². The van der Waals surface area contributed by atoms with Gasteiger partial charge in [0, 0.05) is 11.8 Å². The molecule has 2 N–H and O–H groups in total. The van der Waals surface area contributed by atoms with Gasteiger partial charge in [0.05, 0.1) is 14.6 Å². The summed E-state index contributed by atoms with van der Waals surface area (Å²) in [5.41, 5.74) is -1.39. The summed E-state index contributed by atoms with van der Waals surface area (Å²) < 4.78 is 7.73. The van der Waals surface area contributed by atoms with Crippen molar-refractivity contribution in [2.24, 2.45) is 0 Å². The number of pyridine rings is 1. The van der Waals surface area contributed by atoms with E-state index in [0.717, 1.165) is 4.68 Å². The average Bonchev–Trinajstić information content (AvgIpc) is 2.65. The predicted octanol–water partition coefficient (Wildman–Crippen LogP) is 2.92. The summed E-state index contributed by atoms with van der Waals surface area (Å²) in [6.07, 6.45) is 1.45. The second-order valence-corrected chi connectivity index (χ2v) is 7.96. The van der Waals surface area contributed by atoms with E-state index >= 15 is 0 Å². The Morgan fingerprint density at radius 1 is 1.14 bits per heavy atom. The number of hydrogen-bond donors (Lipinski definition) is 2. The molecule has 0 saturated heterocycles. The van der Waals surface area contributed by atoms with E-state index in [1.807, 2.05) is 18.8 Å². The molecule has 0 aliphatic rings. The molecule has 0 fully saturated rings. The molecular formula is C18H13Br2N5O4. The third kappa shape index (κ3) is 4.23. The Morgan fingerprint density at radius 2 is 1.79 bits per heavy atom. The molecule has 0 spiro atoms. The van der Waals surface area contributed by atoms with E-state index in [1.165, 1.54) is 6.20 Å². The molecule has 9 nitrogen and oxygen atoms in total. The molecule has 1 aromatic carbocycles. The van der Waals surface area contributed by atoms with Crippen LogP contribution < -0.4 is 21.5 Å². The standard InChI is InChI=1S/C18H13Br2N5O4/c1-8(2)11-5-10(7-22-16(11)26)29-15-12(19)3-9(4-13(15)20)25-18(28)23-17(27)14(6-21)24-25/h3-5,7-8H,1-2H3,(H,22,26)(H,23,27,28). The lowest BCUT2D eigenvalue weighted by Gasteiger charge is -2.13. The maximum Gasteiger partial charge on any atom is 0.349 e. The van der Waals surface area contributed by atoms with Gasteiger partial charge in [-0.25, -0.2) is 4.79 Å². The first-order valence-corrected chi connectivity index (χ1v) is 9.83. The average molecular weight is 523 g/mol. The lowest BCUT2D eigenvalue weighted by Crippen LogP contribution is -2.33. The van der Waals surface area contributed by atoms with Crippen molar-refractivity contribution < 1.29 is 4.74 Å². The maximum absolute atomic E-state index is 12.1. The monoisotopic (exact) mass is 521 g/mol. The second-order valence-electron chi connectivity index (χ2n) is 6.25. The zero-order valence-electron chi connectivity index (χ0n) is 15.1. The fourth-order valence-electron chi connectivity index (χ4n) is 2.50. The number of nitrogens with one attached hydrogen (secondary N) is 2. The molecule has 0 unspecified atom stereocenters. The van der Waals surface area contributed by atoms with Crippen LogP contribution in [0.3, 0.4) is 0 Å². The number of nitriles is 1. The summed E-state index contributed by atoms with van der Waals surface area (Å²) in [5, 5.41) is 12.7. The van der Waals surface area contributed by atoms with Gasteiger partial charge in [0.25, 0.3) is 11.1 Å². The molecule has 0 radical (unpaired) electrons. The topological polar surface area (TPSA) is 134 Å². The predicted molar refractivity (Wildman–Crippen MR) is 112 cm³/mol. The van der Waals surface area contributed by atoms with Gasteiger partial charge in [-0.2, -0.15) is 9.94 Å². The maximum atomic E-state index is 12.1.